The molecule has 0 spiro atoms. The van der Waals surface area contributed by atoms with Gasteiger partial charge in [0.25, 0.3) is 0 Å². The van der Waals surface area contributed by atoms with Crippen LogP contribution in [0.15, 0.2) is 48.8 Å². The SMILES string of the molecule is CC1(NC(=O)CN)COC(c2nc(-c3ccc(F)cc3)c(-c3ccncc3)[nH]2)OC1. The number of benzene rings is 1. The Morgan fingerprint density at radius 1 is 1.20 bits per heavy atom. The number of ether oxygens (including phenoxy) is 2. The molecule has 4 N–H and O–H groups in total. The summed E-state index contributed by atoms with van der Waals surface area (Å²) in [4.78, 5) is 23.6. The summed E-state index contributed by atoms with van der Waals surface area (Å²) in [5, 5.41) is 2.80. The maximum Gasteiger partial charge on any atom is 0.234 e. The molecule has 1 aliphatic rings. The van der Waals surface area contributed by atoms with Crippen LogP contribution in [-0.4, -0.2) is 46.2 Å². The van der Waals surface area contributed by atoms with Crippen molar-refractivity contribution in [3.8, 4) is 22.5 Å². The number of pyridine rings is 1. The van der Waals surface area contributed by atoms with Crippen LogP contribution in [0.1, 0.15) is 19.0 Å². The van der Waals surface area contributed by atoms with Gasteiger partial charge in [-0.1, -0.05) is 0 Å². The minimum absolute atomic E-state index is 0.104. The van der Waals surface area contributed by atoms with Crippen molar-refractivity contribution in [2.24, 2.45) is 5.73 Å². The van der Waals surface area contributed by atoms with Gasteiger partial charge in [0.15, 0.2) is 5.82 Å². The molecular weight excluding hydrogens is 389 g/mol. The summed E-state index contributed by atoms with van der Waals surface area (Å²) in [6.07, 6.45) is 2.63. The van der Waals surface area contributed by atoms with Crippen molar-refractivity contribution >= 4 is 5.91 Å². The fourth-order valence-electron chi connectivity index (χ4n) is 3.27. The molecule has 1 fully saturated rings. The van der Waals surface area contributed by atoms with Crippen LogP contribution in [0.25, 0.3) is 22.5 Å². The van der Waals surface area contributed by atoms with Crippen molar-refractivity contribution in [3.05, 3.63) is 60.4 Å². The molecular formula is C21H22FN5O3. The van der Waals surface area contributed by atoms with Crippen molar-refractivity contribution in [3.63, 3.8) is 0 Å². The topological polar surface area (TPSA) is 115 Å². The van der Waals surface area contributed by atoms with Crippen LogP contribution in [-0.2, 0) is 14.3 Å². The lowest BCUT2D eigenvalue weighted by molar-refractivity contribution is -0.217. The summed E-state index contributed by atoms with van der Waals surface area (Å²) in [5.41, 5.74) is 7.71. The summed E-state index contributed by atoms with van der Waals surface area (Å²) < 4.78 is 25.1. The van der Waals surface area contributed by atoms with Gasteiger partial charge in [-0.05, 0) is 43.3 Å². The predicted molar refractivity (Wildman–Crippen MR) is 107 cm³/mol. The van der Waals surface area contributed by atoms with E-state index in [2.05, 4.69) is 20.3 Å². The Bertz CT molecular complexity index is 1010. The number of hydrogen-bond donors (Lipinski definition) is 3. The predicted octanol–water partition coefficient (Wildman–Crippen LogP) is 2.16. The van der Waals surface area contributed by atoms with Crippen LogP contribution in [0.4, 0.5) is 4.39 Å². The number of rotatable bonds is 5. The van der Waals surface area contributed by atoms with Gasteiger partial charge in [0.05, 0.1) is 36.7 Å². The minimum atomic E-state index is -0.734. The molecule has 9 heteroatoms. The Kier molecular flexibility index (Phi) is 5.58. The second-order valence-electron chi connectivity index (χ2n) is 7.36. The molecule has 1 aliphatic heterocycles. The van der Waals surface area contributed by atoms with E-state index in [4.69, 9.17) is 15.2 Å². The van der Waals surface area contributed by atoms with Gasteiger partial charge in [0.2, 0.25) is 12.2 Å². The Balaban J connectivity index is 1.62. The van der Waals surface area contributed by atoms with Crippen molar-refractivity contribution in [2.45, 2.75) is 18.8 Å². The number of nitrogens with zero attached hydrogens (tertiary/aromatic N) is 2. The number of carbonyl (C=O) groups excluding carboxylic acids is 1. The number of hydrogen-bond acceptors (Lipinski definition) is 6. The molecule has 8 nitrogen and oxygen atoms in total. The van der Waals surface area contributed by atoms with E-state index >= 15 is 0 Å². The highest BCUT2D eigenvalue weighted by atomic mass is 19.1. The molecule has 1 aromatic carbocycles. The highest BCUT2D eigenvalue weighted by Crippen LogP contribution is 2.34. The lowest BCUT2D eigenvalue weighted by atomic mass is 10.0. The van der Waals surface area contributed by atoms with Gasteiger partial charge in [0.1, 0.15) is 5.82 Å². The molecule has 30 heavy (non-hydrogen) atoms. The molecule has 0 aliphatic carbocycles. The number of imidazole rings is 1. The van der Waals surface area contributed by atoms with E-state index in [1.807, 2.05) is 19.1 Å². The van der Waals surface area contributed by atoms with Crippen LogP contribution in [0.2, 0.25) is 0 Å². The molecule has 4 rings (SSSR count). The van der Waals surface area contributed by atoms with E-state index in [0.717, 1.165) is 16.8 Å². The first kappa shape index (κ1) is 20.1. The monoisotopic (exact) mass is 411 g/mol. The third-order valence-electron chi connectivity index (χ3n) is 4.77. The zero-order valence-electron chi connectivity index (χ0n) is 16.4. The molecule has 1 amide bonds. The number of halogens is 1. The van der Waals surface area contributed by atoms with Crippen LogP contribution in [0, 0.1) is 5.82 Å². The lowest BCUT2D eigenvalue weighted by Crippen LogP contribution is -2.57. The zero-order chi connectivity index (χ0) is 21.1. The summed E-state index contributed by atoms with van der Waals surface area (Å²) in [5.74, 6) is -0.120. The lowest BCUT2D eigenvalue weighted by Gasteiger charge is -2.37. The van der Waals surface area contributed by atoms with E-state index < -0.39 is 11.8 Å². The van der Waals surface area contributed by atoms with E-state index in [1.165, 1.54) is 12.1 Å². The summed E-state index contributed by atoms with van der Waals surface area (Å²) in [6, 6.07) is 9.82. The molecule has 1 saturated heterocycles. The number of nitrogens with one attached hydrogen (secondary N) is 2. The van der Waals surface area contributed by atoms with E-state index in [1.54, 1.807) is 24.5 Å². The first-order chi connectivity index (χ1) is 14.5. The Morgan fingerprint density at radius 2 is 1.87 bits per heavy atom. The average Bonchev–Trinajstić information content (AvgIpc) is 3.20. The second-order valence-corrected chi connectivity index (χ2v) is 7.36. The Hall–Kier alpha value is -3.14. The smallest absolute Gasteiger partial charge is 0.234 e. The molecule has 3 heterocycles. The molecule has 0 bridgehead atoms. The second kappa shape index (κ2) is 8.31. The van der Waals surface area contributed by atoms with Crippen molar-refractivity contribution < 1.29 is 18.7 Å². The molecule has 0 unspecified atom stereocenters. The third-order valence-corrected chi connectivity index (χ3v) is 4.77. The third kappa shape index (κ3) is 4.23. The normalized spacial score (nSPS) is 21.4. The van der Waals surface area contributed by atoms with Gasteiger partial charge >= 0.3 is 0 Å². The maximum atomic E-state index is 13.4. The highest BCUT2D eigenvalue weighted by Gasteiger charge is 2.36. The van der Waals surface area contributed by atoms with Crippen LogP contribution in [0.3, 0.4) is 0 Å². The molecule has 0 atom stereocenters. The molecule has 3 aromatic rings. The largest absolute Gasteiger partial charge is 0.345 e. The first-order valence-corrected chi connectivity index (χ1v) is 9.48. The fraction of sp³-hybridized carbons (Fsp3) is 0.286. The summed E-state index contributed by atoms with van der Waals surface area (Å²) in [6.45, 7) is 2.19. The quantitative estimate of drug-likeness (QED) is 0.593. The number of amides is 1. The fourth-order valence-corrected chi connectivity index (χ4v) is 3.27. The van der Waals surface area contributed by atoms with Crippen LogP contribution >= 0.6 is 0 Å². The summed E-state index contributed by atoms with van der Waals surface area (Å²) in [7, 11) is 0. The van der Waals surface area contributed by atoms with Gasteiger partial charge in [-0.25, -0.2) is 9.37 Å². The summed E-state index contributed by atoms with van der Waals surface area (Å²) >= 11 is 0. The number of aromatic nitrogens is 3. The number of nitrogens with two attached hydrogens (primary N) is 1. The van der Waals surface area contributed by atoms with Gasteiger partial charge in [-0.2, -0.15) is 0 Å². The molecule has 0 radical (unpaired) electrons. The number of aromatic amines is 1. The minimum Gasteiger partial charge on any atom is -0.345 e. The van der Waals surface area contributed by atoms with Crippen molar-refractivity contribution in [1.82, 2.24) is 20.3 Å². The van der Waals surface area contributed by atoms with E-state index in [-0.39, 0.29) is 31.5 Å². The number of carbonyl (C=O) groups is 1. The van der Waals surface area contributed by atoms with E-state index in [0.29, 0.717) is 11.5 Å². The zero-order valence-corrected chi connectivity index (χ0v) is 16.4. The van der Waals surface area contributed by atoms with Gasteiger partial charge in [-0.3, -0.25) is 9.78 Å². The highest BCUT2D eigenvalue weighted by molar-refractivity contribution is 5.79. The van der Waals surface area contributed by atoms with Gasteiger partial charge in [0, 0.05) is 23.5 Å². The molecule has 156 valence electrons. The Morgan fingerprint density at radius 3 is 2.50 bits per heavy atom. The maximum absolute atomic E-state index is 13.4. The van der Waals surface area contributed by atoms with Crippen LogP contribution < -0.4 is 11.1 Å². The van der Waals surface area contributed by atoms with Gasteiger partial charge < -0.3 is 25.5 Å². The standard InChI is InChI=1S/C21H22FN5O3/c1-21(27-16(28)10-23)11-29-20(30-12-21)19-25-17(13-2-4-15(22)5-3-13)18(26-19)14-6-8-24-9-7-14/h2-9,20H,10-12,23H2,1H3,(H,25,26)(H,27,28). The molecule has 2 aromatic heterocycles. The molecule has 0 saturated carbocycles. The average molecular weight is 411 g/mol. The first-order valence-electron chi connectivity index (χ1n) is 9.48. The van der Waals surface area contributed by atoms with Crippen LogP contribution in [0.5, 0.6) is 0 Å². The van der Waals surface area contributed by atoms with Gasteiger partial charge in [-0.15, -0.1) is 0 Å². The van der Waals surface area contributed by atoms with Crippen molar-refractivity contribution in [1.29, 1.82) is 0 Å². The van der Waals surface area contributed by atoms with Crippen molar-refractivity contribution in [2.75, 3.05) is 19.8 Å². The van der Waals surface area contributed by atoms with E-state index in [9.17, 15) is 9.18 Å². The Labute approximate surface area is 172 Å². The number of H-pyrrole nitrogens is 1.